The summed E-state index contributed by atoms with van der Waals surface area (Å²) in [7, 11) is 3.91. The molecule has 13 heteroatoms. The lowest BCUT2D eigenvalue weighted by Gasteiger charge is -2.36. The molecule has 1 fully saturated rings. The number of nitrogens with zero attached hydrogens (tertiary/aromatic N) is 2. The van der Waals surface area contributed by atoms with E-state index < -0.39 is 53.7 Å². The van der Waals surface area contributed by atoms with E-state index in [4.69, 9.17) is 18.9 Å². The van der Waals surface area contributed by atoms with Gasteiger partial charge in [0.25, 0.3) is 0 Å². The fourth-order valence-corrected chi connectivity index (χ4v) is 4.85. The third kappa shape index (κ3) is 7.72. The topological polar surface area (TPSA) is 107 Å². The Labute approximate surface area is 235 Å². The van der Waals surface area contributed by atoms with E-state index in [1.165, 1.54) is 19.1 Å². The van der Waals surface area contributed by atoms with Gasteiger partial charge in [0.15, 0.2) is 11.6 Å². The number of benzene rings is 1. The number of ether oxygens (including phenoxy) is 4. The summed E-state index contributed by atoms with van der Waals surface area (Å²) in [5, 5.41) is 9.22. The zero-order chi connectivity index (χ0) is 30.3. The van der Waals surface area contributed by atoms with Crippen LogP contribution >= 0.6 is 0 Å². The first-order valence-electron chi connectivity index (χ1n) is 13.0. The summed E-state index contributed by atoms with van der Waals surface area (Å²) in [4.78, 5) is 31.7. The Morgan fingerprint density at radius 2 is 1.71 bits per heavy atom. The molecule has 1 N–H and O–H groups in total. The summed E-state index contributed by atoms with van der Waals surface area (Å²) < 4.78 is 77.3. The summed E-state index contributed by atoms with van der Waals surface area (Å²) in [5.74, 6) is -4.20. The number of anilines is 1. The molecule has 41 heavy (non-hydrogen) atoms. The van der Waals surface area contributed by atoms with Crippen LogP contribution in [0.3, 0.4) is 0 Å². The van der Waals surface area contributed by atoms with E-state index in [9.17, 15) is 27.9 Å². The van der Waals surface area contributed by atoms with Gasteiger partial charge in [0.1, 0.15) is 5.56 Å². The van der Waals surface area contributed by atoms with Gasteiger partial charge in [-0.2, -0.15) is 13.2 Å². The van der Waals surface area contributed by atoms with E-state index in [0.717, 1.165) is 38.3 Å². The fraction of sp³-hybridized carbons (Fsp3) is 0.536. The van der Waals surface area contributed by atoms with Gasteiger partial charge in [-0.3, -0.25) is 4.79 Å². The zero-order valence-corrected chi connectivity index (χ0v) is 23.3. The van der Waals surface area contributed by atoms with Crippen molar-refractivity contribution in [3.05, 3.63) is 46.9 Å². The molecule has 1 amide bonds. The Morgan fingerprint density at radius 3 is 2.24 bits per heavy atom. The third-order valence-electron chi connectivity index (χ3n) is 7.00. The van der Waals surface area contributed by atoms with Crippen LogP contribution in [0.2, 0.25) is 0 Å². The van der Waals surface area contributed by atoms with E-state index in [0.29, 0.717) is 24.8 Å². The van der Waals surface area contributed by atoms with Crippen molar-refractivity contribution in [3.8, 4) is 11.6 Å². The first kappa shape index (κ1) is 32.2. The molecule has 1 saturated carbocycles. The zero-order valence-electron chi connectivity index (χ0n) is 23.3. The number of pyridine rings is 1. The van der Waals surface area contributed by atoms with Crippen molar-refractivity contribution in [2.45, 2.75) is 51.4 Å². The number of aliphatic hydroxyl groups excluding tert-OH is 1. The van der Waals surface area contributed by atoms with Gasteiger partial charge in [0, 0.05) is 38.5 Å². The highest BCUT2D eigenvalue weighted by Crippen LogP contribution is 2.40. The van der Waals surface area contributed by atoms with E-state index in [1.807, 2.05) is 0 Å². The Balaban J connectivity index is 2.15. The van der Waals surface area contributed by atoms with Crippen molar-refractivity contribution in [2.75, 3.05) is 39.4 Å². The molecule has 0 atom stereocenters. The molecular formula is C28H34F4N2O7. The molecule has 3 rings (SSSR count). The van der Waals surface area contributed by atoms with Crippen LogP contribution in [0, 0.1) is 17.7 Å². The lowest BCUT2D eigenvalue weighted by Crippen LogP contribution is -2.49. The fourth-order valence-electron chi connectivity index (χ4n) is 4.85. The van der Waals surface area contributed by atoms with Crippen molar-refractivity contribution < 1.29 is 51.2 Å². The van der Waals surface area contributed by atoms with Gasteiger partial charge < -0.3 is 29.0 Å². The number of carbonyl (C=O) groups excluding carboxylic acids is 2. The largest absolute Gasteiger partial charge is 0.465 e. The monoisotopic (exact) mass is 586 g/mol. The number of rotatable bonds is 11. The van der Waals surface area contributed by atoms with Gasteiger partial charge in [0.05, 0.1) is 44.2 Å². The second kappa shape index (κ2) is 14.1. The summed E-state index contributed by atoms with van der Waals surface area (Å²) >= 11 is 0. The van der Waals surface area contributed by atoms with E-state index in [-0.39, 0.29) is 35.9 Å². The summed E-state index contributed by atoms with van der Waals surface area (Å²) in [5.41, 5.74) is -1.97. The highest BCUT2D eigenvalue weighted by atomic mass is 19.4. The summed E-state index contributed by atoms with van der Waals surface area (Å²) in [6.07, 6.45) is -1.17. The number of methoxy groups -OCH3 is 3. The highest BCUT2D eigenvalue weighted by Gasteiger charge is 2.38. The smallest absolute Gasteiger partial charge is 0.421 e. The maximum absolute atomic E-state index is 15.6. The number of carbonyl (C=O) groups is 2. The second-order valence-corrected chi connectivity index (χ2v) is 9.98. The van der Waals surface area contributed by atoms with Crippen LogP contribution in [0.25, 0.3) is 0 Å². The Kier molecular flexibility index (Phi) is 11.0. The van der Waals surface area contributed by atoms with Gasteiger partial charge in [-0.1, -0.05) is 6.92 Å². The third-order valence-corrected chi connectivity index (χ3v) is 7.00. The molecule has 2 aromatic rings. The lowest BCUT2D eigenvalue weighted by molar-refractivity contribution is -0.139. The van der Waals surface area contributed by atoms with Crippen molar-refractivity contribution in [1.82, 2.24) is 4.98 Å². The van der Waals surface area contributed by atoms with Gasteiger partial charge in [0.2, 0.25) is 11.8 Å². The van der Waals surface area contributed by atoms with Gasteiger partial charge in [-0.25, -0.2) is 14.2 Å². The van der Waals surface area contributed by atoms with Crippen molar-refractivity contribution >= 4 is 17.6 Å². The van der Waals surface area contributed by atoms with E-state index >= 15 is 4.39 Å². The molecule has 0 saturated heterocycles. The normalized spacial score (nSPS) is 17.4. The van der Waals surface area contributed by atoms with Crippen LogP contribution in [0.15, 0.2) is 24.4 Å². The summed E-state index contributed by atoms with van der Waals surface area (Å²) in [6.45, 7) is 1.36. The maximum atomic E-state index is 15.6. The van der Waals surface area contributed by atoms with Crippen LogP contribution in [0.5, 0.6) is 11.6 Å². The highest BCUT2D eigenvalue weighted by molar-refractivity contribution is 6.04. The number of hydrogen-bond acceptors (Lipinski definition) is 8. The first-order chi connectivity index (χ1) is 19.4. The standard InChI is InChI=1S/C28H34F4N2O7/c1-16-5-7-18(8-6-16)26(36)34(19(14-38-2)15-39-3)23-11-22(29)24(10-20(23)27(37)40-4)41-25-21(28(30,31)32)9-17(13-35)12-33-25/h9-12,16,18-19,35H,5-8,13-15H2,1-4H3/t16-,18-. The van der Waals surface area contributed by atoms with Crippen LogP contribution in [-0.4, -0.2) is 62.6 Å². The van der Waals surface area contributed by atoms with Gasteiger partial charge in [-0.15, -0.1) is 0 Å². The number of halogens is 4. The molecule has 1 aliphatic carbocycles. The lowest BCUT2D eigenvalue weighted by atomic mass is 9.82. The maximum Gasteiger partial charge on any atom is 0.421 e. The van der Waals surface area contributed by atoms with Crippen molar-refractivity contribution in [3.63, 3.8) is 0 Å². The molecule has 1 aliphatic rings. The Bertz CT molecular complexity index is 1210. The molecule has 9 nitrogen and oxygen atoms in total. The molecule has 0 unspecified atom stereocenters. The molecule has 226 valence electrons. The predicted octanol–water partition coefficient (Wildman–Crippen LogP) is 5.13. The minimum absolute atomic E-state index is 0.0146. The number of aromatic nitrogens is 1. The van der Waals surface area contributed by atoms with Gasteiger partial charge >= 0.3 is 12.1 Å². The van der Waals surface area contributed by atoms with E-state index in [2.05, 4.69) is 11.9 Å². The van der Waals surface area contributed by atoms with Crippen molar-refractivity contribution in [2.24, 2.45) is 11.8 Å². The van der Waals surface area contributed by atoms with Gasteiger partial charge in [-0.05, 0) is 43.2 Å². The molecule has 0 bridgehead atoms. The Hall–Kier alpha value is -3.29. The van der Waals surface area contributed by atoms with Crippen LogP contribution in [0.4, 0.5) is 23.2 Å². The van der Waals surface area contributed by atoms with Crippen LogP contribution in [-0.2, 0) is 31.8 Å². The van der Waals surface area contributed by atoms with E-state index in [1.54, 1.807) is 0 Å². The number of esters is 1. The van der Waals surface area contributed by atoms with Crippen LogP contribution < -0.4 is 9.64 Å². The molecule has 0 radical (unpaired) electrons. The number of hydrogen-bond donors (Lipinski definition) is 1. The average molecular weight is 587 g/mol. The Morgan fingerprint density at radius 1 is 1.07 bits per heavy atom. The quantitative estimate of drug-likeness (QED) is 0.285. The number of aliphatic hydroxyl groups is 1. The van der Waals surface area contributed by atoms with Crippen molar-refractivity contribution in [1.29, 1.82) is 0 Å². The number of amides is 1. The molecule has 0 spiro atoms. The summed E-state index contributed by atoms with van der Waals surface area (Å²) in [6, 6.07) is 1.58. The number of alkyl halides is 3. The van der Waals surface area contributed by atoms with Crippen LogP contribution in [0.1, 0.15) is 54.1 Å². The molecule has 0 aliphatic heterocycles. The molecule has 1 heterocycles. The minimum Gasteiger partial charge on any atom is -0.465 e. The first-order valence-corrected chi connectivity index (χ1v) is 13.0. The predicted molar refractivity (Wildman–Crippen MR) is 139 cm³/mol. The molecule has 1 aromatic heterocycles. The second-order valence-electron chi connectivity index (χ2n) is 9.98. The molecular weight excluding hydrogens is 552 g/mol. The SMILES string of the molecule is COCC(COC)N(c1cc(F)c(Oc2ncc(CO)cc2C(F)(F)F)cc1C(=O)OC)C(=O)[C@H]1CC[C@H](C)CC1. The molecule has 1 aromatic carbocycles. The average Bonchev–Trinajstić information content (AvgIpc) is 2.94. The minimum atomic E-state index is -4.94.